The zero-order chi connectivity index (χ0) is 13.1. The van der Waals surface area contributed by atoms with Crippen molar-refractivity contribution >= 4 is 11.6 Å². The Balaban J connectivity index is 1.80. The number of nitrogens with one attached hydrogen (secondary N) is 2. The van der Waals surface area contributed by atoms with Crippen LogP contribution in [0.15, 0.2) is 42.7 Å². The van der Waals surface area contributed by atoms with Gasteiger partial charge < -0.3 is 10.6 Å². The second-order valence-electron chi connectivity index (χ2n) is 4.61. The highest BCUT2D eigenvalue weighted by Gasteiger charge is 2.12. The molecule has 4 nitrogen and oxygen atoms in total. The fourth-order valence-electron chi connectivity index (χ4n) is 2.26. The molecule has 0 saturated carbocycles. The van der Waals surface area contributed by atoms with Crippen molar-refractivity contribution in [3.8, 4) is 0 Å². The first kappa shape index (κ1) is 11.9. The van der Waals surface area contributed by atoms with Crippen LogP contribution in [0, 0.1) is 0 Å². The van der Waals surface area contributed by atoms with Gasteiger partial charge in [0.25, 0.3) is 5.91 Å². The number of hydrogen-bond acceptors (Lipinski definition) is 3. The van der Waals surface area contributed by atoms with Crippen LogP contribution in [0.4, 0.5) is 5.69 Å². The lowest BCUT2D eigenvalue weighted by Crippen LogP contribution is -2.24. The highest BCUT2D eigenvalue weighted by molar-refractivity contribution is 6.04. The summed E-state index contributed by atoms with van der Waals surface area (Å²) in [4.78, 5) is 16.1. The van der Waals surface area contributed by atoms with E-state index in [1.165, 1.54) is 11.1 Å². The molecule has 0 atom stereocenters. The maximum Gasteiger partial charge on any atom is 0.255 e. The Morgan fingerprint density at radius 1 is 1.26 bits per heavy atom. The zero-order valence-corrected chi connectivity index (χ0v) is 10.5. The SMILES string of the molecule is O=C(Nc1cccnc1)c1ccc2c(c1)CCNC2. The van der Waals surface area contributed by atoms with Gasteiger partial charge in [-0.25, -0.2) is 0 Å². The summed E-state index contributed by atoms with van der Waals surface area (Å²) >= 11 is 0. The molecule has 3 rings (SSSR count). The van der Waals surface area contributed by atoms with Gasteiger partial charge in [-0.3, -0.25) is 9.78 Å². The molecule has 19 heavy (non-hydrogen) atoms. The largest absolute Gasteiger partial charge is 0.321 e. The predicted molar refractivity (Wildman–Crippen MR) is 74.0 cm³/mol. The van der Waals surface area contributed by atoms with Crippen LogP contribution in [-0.2, 0) is 13.0 Å². The Labute approximate surface area is 111 Å². The van der Waals surface area contributed by atoms with Crippen LogP contribution in [0.2, 0.25) is 0 Å². The third kappa shape index (κ3) is 2.63. The molecular weight excluding hydrogens is 238 g/mol. The number of nitrogens with zero attached hydrogens (tertiary/aromatic N) is 1. The van der Waals surface area contributed by atoms with Gasteiger partial charge in [0.2, 0.25) is 0 Å². The molecule has 1 aliphatic heterocycles. The van der Waals surface area contributed by atoms with E-state index in [4.69, 9.17) is 0 Å². The number of amides is 1. The van der Waals surface area contributed by atoms with Gasteiger partial charge in [-0.1, -0.05) is 6.07 Å². The Kier molecular flexibility index (Phi) is 3.25. The average Bonchev–Trinajstić information content (AvgIpc) is 2.48. The Morgan fingerprint density at radius 2 is 2.21 bits per heavy atom. The summed E-state index contributed by atoms with van der Waals surface area (Å²) < 4.78 is 0. The van der Waals surface area contributed by atoms with Crippen molar-refractivity contribution in [3.63, 3.8) is 0 Å². The molecule has 0 saturated heterocycles. The number of anilines is 1. The average molecular weight is 253 g/mol. The van der Waals surface area contributed by atoms with E-state index in [1.807, 2.05) is 24.3 Å². The Bertz CT molecular complexity index is 596. The molecule has 96 valence electrons. The number of aromatic nitrogens is 1. The predicted octanol–water partition coefficient (Wildman–Crippen LogP) is 1.98. The minimum absolute atomic E-state index is 0.0886. The number of rotatable bonds is 2. The summed E-state index contributed by atoms with van der Waals surface area (Å²) in [5.41, 5.74) is 3.96. The van der Waals surface area contributed by atoms with Crippen LogP contribution in [0.5, 0.6) is 0 Å². The molecule has 4 heteroatoms. The van der Waals surface area contributed by atoms with Gasteiger partial charge in [-0.15, -0.1) is 0 Å². The maximum absolute atomic E-state index is 12.1. The van der Waals surface area contributed by atoms with Crippen LogP contribution in [0.25, 0.3) is 0 Å². The first-order valence-electron chi connectivity index (χ1n) is 6.37. The van der Waals surface area contributed by atoms with Crippen molar-refractivity contribution < 1.29 is 4.79 Å². The molecule has 0 fully saturated rings. The number of benzene rings is 1. The lowest BCUT2D eigenvalue weighted by molar-refractivity contribution is 0.102. The molecular formula is C15H15N3O. The molecule has 1 aromatic carbocycles. The summed E-state index contributed by atoms with van der Waals surface area (Å²) in [5, 5.41) is 6.17. The van der Waals surface area contributed by atoms with E-state index < -0.39 is 0 Å². The minimum atomic E-state index is -0.0886. The normalized spacial score (nSPS) is 13.7. The van der Waals surface area contributed by atoms with Crippen molar-refractivity contribution in [2.24, 2.45) is 0 Å². The fraction of sp³-hybridized carbons (Fsp3) is 0.200. The van der Waals surface area contributed by atoms with Crippen LogP contribution >= 0.6 is 0 Å². The molecule has 0 bridgehead atoms. The number of fused-ring (bicyclic) bond motifs is 1. The monoisotopic (exact) mass is 253 g/mol. The standard InChI is InChI=1S/C15H15N3O/c19-15(18-14-2-1-6-16-10-14)12-3-4-13-9-17-7-5-11(13)8-12/h1-4,6,8,10,17H,5,7,9H2,(H,18,19). The quantitative estimate of drug-likeness (QED) is 0.860. The maximum atomic E-state index is 12.1. The topological polar surface area (TPSA) is 54.0 Å². The molecule has 0 unspecified atom stereocenters. The lowest BCUT2D eigenvalue weighted by atomic mass is 9.98. The highest BCUT2D eigenvalue weighted by atomic mass is 16.1. The summed E-state index contributed by atoms with van der Waals surface area (Å²) in [7, 11) is 0. The van der Waals surface area contributed by atoms with E-state index in [9.17, 15) is 4.79 Å². The third-order valence-corrected chi connectivity index (χ3v) is 3.27. The van der Waals surface area contributed by atoms with Gasteiger partial charge in [-0.2, -0.15) is 0 Å². The third-order valence-electron chi connectivity index (χ3n) is 3.27. The van der Waals surface area contributed by atoms with E-state index in [-0.39, 0.29) is 5.91 Å². The van der Waals surface area contributed by atoms with E-state index in [0.29, 0.717) is 11.3 Å². The van der Waals surface area contributed by atoms with Crippen LogP contribution < -0.4 is 10.6 Å². The van der Waals surface area contributed by atoms with E-state index >= 15 is 0 Å². The number of hydrogen-bond donors (Lipinski definition) is 2. The molecule has 1 aromatic heterocycles. The van der Waals surface area contributed by atoms with E-state index in [2.05, 4.69) is 15.6 Å². The van der Waals surface area contributed by atoms with E-state index in [1.54, 1.807) is 18.5 Å². The van der Waals surface area contributed by atoms with Crippen molar-refractivity contribution in [3.05, 3.63) is 59.4 Å². The first-order valence-corrected chi connectivity index (χ1v) is 6.37. The molecule has 2 heterocycles. The van der Waals surface area contributed by atoms with Crippen LogP contribution in [-0.4, -0.2) is 17.4 Å². The van der Waals surface area contributed by atoms with Crippen LogP contribution in [0.3, 0.4) is 0 Å². The summed E-state index contributed by atoms with van der Waals surface area (Å²) in [6, 6.07) is 9.51. The second-order valence-corrected chi connectivity index (χ2v) is 4.61. The number of carbonyl (C=O) groups is 1. The lowest BCUT2D eigenvalue weighted by Gasteiger charge is -2.17. The molecule has 0 aliphatic carbocycles. The molecule has 1 amide bonds. The molecule has 0 spiro atoms. The van der Waals surface area contributed by atoms with Crippen molar-refractivity contribution in [2.75, 3.05) is 11.9 Å². The summed E-state index contributed by atoms with van der Waals surface area (Å²) in [6.07, 6.45) is 4.30. The van der Waals surface area contributed by atoms with Gasteiger partial charge >= 0.3 is 0 Å². The molecule has 2 N–H and O–H groups in total. The molecule has 2 aromatic rings. The first-order chi connectivity index (χ1) is 9.33. The zero-order valence-electron chi connectivity index (χ0n) is 10.5. The van der Waals surface area contributed by atoms with Gasteiger partial charge in [-0.05, 0) is 48.4 Å². The highest BCUT2D eigenvalue weighted by Crippen LogP contribution is 2.17. The summed E-state index contributed by atoms with van der Waals surface area (Å²) in [5.74, 6) is -0.0886. The fourth-order valence-corrected chi connectivity index (χ4v) is 2.26. The molecule has 0 radical (unpaired) electrons. The second kappa shape index (κ2) is 5.20. The van der Waals surface area contributed by atoms with Crippen molar-refractivity contribution in [2.45, 2.75) is 13.0 Å². The number of pyridine rings is 1. The Hall–Kier alpha value is -2.20. The van der Waals surface area contributed by atoms with Crippen LogP contribution in [0.1, 0.15) is 21.5 Å². The van der Waals surface area contributed by atoms with Gasteiger partial charge in [0.05, 0.1) is 11.9 Å². The van der Waals surface area contributed by atoms with E-state index in [0.717, 1.165) is 19.5 Å². The molecule has 1 aliphatic rings. The van der Waals surface area contributed by atoms with Gasteiger partial charge in [0, 0.05) is 18.3 Å². The summed E-state index contributed by atoms with van der Waals surface area (Å²) in [6.45, 7) is 1.86. The van der Waals surface area contributed by atoms with Crippen molar-refractivity contribution in [1.82, 2.24) is 10.3 Å². The smallest absolute Gasteiger partial charge is 0.255 e. The van der Waals surface area contributed by atoms with Gasteiger partial charge in [0.15, 0.2) is 0 Å². The van der Waals surface area contributed by atoms with Crippen molar-refractivity contribution in [1.29, 1.82) is 0 Å². The Morgan fingerprint density at radius 3 is 3.05 bits per heavy atom. The minimum Gasteiger partial charge on any atom is -0.321 e. The number of carbonyl (C=O) groups excluding carboxylic acids is 1. The van der Waals surface area contributed by atoms with Gasteiger partial charge in [0.1, 0.15) is 0 Å².